The first-order valence-electron chi connectivity index (χ1n) is 7.83. The summed E-state index contributed by atoms with van der Waals surface area (Å²) in [5.74, 6) is 0. The molecule has 4 rings (SSSR count). The topological polar surface area (TPSA) is 72.2 Å². The molecule has 0 fully saturated rings. The maximum atomic E-state index is 13.3. The maximum Gasteiger partial charge on any atom is 0.229 e. The van der Waals surface area contributed by atoms with Gasteiger partial charge >= 0.3 is 0 Å². The van der Waals surface area contributed by atoms with Crippen LogP contribution in [0.2, 0.25) is 0 Å². The minimum atomic E-state index is -3.84. The van der Waals surface area contributed by atoms with Crippen molar-refractivity contribution in [3.63, 3.8) is 0 Å². The van der Waals surface area contributed by atoms with E-state index in [-0.39, 0.29) is 5.16 Å². The van der Waals surface area contributed by atoms with Crippen LogP contribution in [0.4, 0.5) is 0 Å². The van der Waals surface area contributed by atoms with Gasteiger partial charge in [0.1, 0.15) is 10.9 Å². The monoisotopic (exact) mass is 342 g/mol. The van der Waals surface area contributed by atoms with E-state index in [4.69, 9.17) is 0 Å². The quantitative estimate of drug-likeness (QED) is 0.738. The molecule has 1 aliphatic rings. The van der Waals surface area contributed by atoms with Gasteiger partial charge in [0.2, 0.25) is 15.0 Å². The highest BCUT2D eigenvalue weighted by Gasteiger charge is 2.54. The summed E-state index contributed by atoms with van der Waals surface area (Å²) >= 11 is 0. The molecule has 6 heteroatoms. The third-order valence-electron chi connectivity index (χ3n) is 4.99. The van der Waals surface area contributed by atoms with Gasteiger partial charge in [0.25, 0.3) is 0 Å². The van der Waals surface area contributed by atoms with E-state index in [0.29, 0.717) is 11.1 Å². The molecule has 0 saturated heterocycles. The third kappa shape index (κ3) is 1.90. The van der Waals surface area contributed by atoms with Crippen LogP contribution >= 0.6 is 0 Å². The number of nitrogens with zero attached hydrogens (tertiary/aromatic N) is 2. The van der Waals surface area contributed by atoms with E-state index in [1.807, 2.05) is 31.2 Å². The molecule has 1 aromatic heterocycles. The average molecular weight is 342 g/mol. The van der Waals surface area contributed by atoms with Gasteiger partial charge in [-0.3, -0.25) is 0 Å². The van der Waals surface area contributed by atoms with Gasteiger partial charge in [0.05, 0.1) is 17.1 Å². The molecule has 0 amide bonds. The lowest BCUT2D eigenvalue weighted by Crippen LogP contribution is -2.49. The number of hydrogen-bond acceptors (Lipinski definition) is 4. The number of fused-ring (bicyclic) bond motifs is 3. The fraction of sp³-hybridized carbons (Fsp3) is 0.278. The van der Waals surface area contributed by atoms with Gasteiger partial charge in [-0.25, -0.2) is 13.4 Å². The van der Waals surface area contributed by atoms with E-state index >= 15 is 0 Å². The molecule has 0 aliphatic carbocycles. The largest absolute Gasteiger partial charge is 0.386 e. The van der Waals surface area contributed by atoms with Gasteiger partial charge in [-0.15, -0.1) is 0 Å². The second kappa shape index (κ2) is 4.91. The van der Waals surface area contributed by atoms with Crippen LogP contribution in [0.15, 0.2) is 59.8 Å². The molecule has 0 unspecified atom stereocenters. The zero-order valence-corrected chi connectivity index (χ0v) is 14.2. The van der Waals surface area contributed by atoms with Crippen molar-refractivity contribution < 1.29 is 13.5 Å². The summed E-state index contributed by atoms with van der Waals surface area (Å²) < 4.78 is 28.2. The highest BCUT2D eigenvalue weighted by Crippen LogP contribution is 2.48. The van der Waals surface area contributed by atoms with E-state index in [2.05, 4.69) is 4.98 Å². The van der Waals surface area contributed by atoms with Crippen molar-refractivity contribution in [2.24, 2.45) is 0 Å². The predicted molar refractivity (Wildman–Crippen MR) is 91.4 cm³/mol. The summed E-state index contributed by atoms with van der Waals surface area (Å²) in [6.45, 7) is 3.42. The molecular weight excluding hydrogens is 324 g/mol. The van der Waals surface area contributed by atoms with Crippen LogP contribution in [0.25, 0.3) is 11.0 Å². The Balaban J connectivity index is 2.07. The summed E-state index contributed by atoms with van der Waals surface area (Å²) in [7, 11) is -3.84. The molecular formula is C18H18N2O3S. The zero-order valence-electron chi connectivity index (χ0n) is 13.4. The highest BCUT2D eigenvalue weighted by molar-refractivity contribution is 7.91. The molecule has 2 heterocycles. The van der Waals surface area contributed by atoms with Gasteiger partial charge in [-0.1, -0.05) is 42.5 Å². The van der Waals surface area contributed by atoms with E-state index in [1.165, 1.54) is 0 Å². The normalized spacial score (nSPS) is 28.6. The fourth-order valence-electron chi connectivity index (χ4n) is 3.64. The van der Waals surface area contributed by atoms with Crippen LogP contribution in [0.1, 0.15) is 30.7 Å². The Labute approximate surface area is 140 Å². The molecule has 5 nitrogen and oxygen atoms in total. The molecule has 1 aliphatic heterocycles. The summed E-state index contributed by atoms with van der Waals surface area (Å²) in [6, 6.07) is 15.7. The Morgan fingerprint density at radius 2 is 1.71 bits per heavy atom. The SMILES string of the molecule is C[C@@H]1n2c(nc3ccccc32)S(=O)(=O)[C@H](c2ccccc2)[C@]1(C)O. The first-order valence-corrected chi connectivity index (χ1v) is 9.38. The maximum absolute atomic E-state index is 13.3. The number of aromatic nitrogens is 2. The summed E-state index contributed by atoms with van der Waals surface area (Å²) in [4.78, 5) is 4.36. The van der Waals surface area contributed by atoms with E-state index < -0.39 is 26.7 Å². The van der Waals surface area contributed by atoms with E-state index in [1.54, 1.807) is 41.8 Å². The summed E-state index contributed by atoms with van der Waals surface area (Å²) in [5, 5.41) is 10.2. The smallest absolute Gasteiger partial charge is 0.229 e. The molecule has 0 spiro atoms. The van der Waals surface area contributed by atoms with Gasteiger partial charge < -0.3 is 9.67 Å². The van der Waals surface area contributed by atoms with Crippen LogP contribution in [0, 0.1) is 0 Å². The van der Waals surface area contributed by atoms with Crippen molar-refractivity contribution in [2.75, 3.05) is 0 Å². The Bertz CT molecular complexity index is 1020. The van der Waals surface area contributed by atoms with Gasteiger partial charge in [0.15, 0.2) is 0 Å². The summed E-state index contributed by atoms with van der Waals surface area (Å²) in [6.07, 6.45) is 0. The Kier molecular flexibility index (Phi) is 3.14. The fourth-order valence-corrected chi connectivity index (χ4v) is 5.95. The lowest BCUT2D eigenvalue weighted by molar-refractivity contribution is -0.000609. The van der Waals surface area contributed by atoms with Gasteiger partial charge in [0, 0.05) is 0 Å². The first-order chi connectivity index (χ1) is 11.3. The van der Waals surface area contributed by atoms with Crippen LogP contribution in [0.3, 0.4) is 0 Å². The number of hydrogen-bond donors (Lipinski definition) is 1. The van der Waals surface area contributed by atoms with Crippen LogP contribution in [-0.4, -0.2) is 28.7 Å². The molecule has 3 atom stereocenters. The van der Waals surface area contributed by atoms with Crippen molar-refractivity contribution >= 4 is 20.9 Å². The lowest BCUT2D eigenvalue weighted by Gasteiger charge is -2.42. The number of imidazole rings is 1. The molecule has 1 N–H and O–H groups in total. The molecule has 24 heavy (non-hydrogen) atoms. The molecule has 2 aromatic carbocycles. The minimum Gasteiger partial charge on any atom is -0.386 e. The Morgan fingerprint density at radius 1 is 1.08 bits per heavy atom. The van der Waals surface area contributed by atoms with Crippen LogP contribution in [0.5, 0.6) is 0 Å². The molecule has 0 saturated carbocycles. The average Bonchev–Trinajstić information content (AvgIpc) is 2.94. The number of benzene rings is 2. The second-order valence-electron chi connectivity index (χ2n) is 6.49. The molecule has 0 radical (unpaired) electrons. The number of rotatable bonds is 1. The van der Waals surface area contributed by atoms with Crippen molar-refractivity contribution in [2.45, 2.75) is 35.9 Å². The Hall–Kier alpha value is -2.18. The molecule has 0 bridgehead atoms. The molecule has 3 aromatic rings. The Morgan fingerprint density at radius 3 is 2.42 bits per heavy atom. The van der Waals surface area contributed by atoms with Gasteiger partial charge in [-0.2, -0.15) is 0 Å². The van der Waals surface area contributed by atoms with E-state index in [0.717, 1.165) is 5.52 Å². The lowest BCUT2D eigenvalue weighted by atomic mass is 9.88. The summed E-state index contributed by atoms with van der Waals surface area (Å²) in [5.41, 5.74) is 0.451. The third-order valence-corrected chi connectivity index (χ3v) is 7.16. The number of para-hydroxylation sites is 2. The van der Waals surface area contributed by atoms with Crippen molar-refractivity contribution in [1.82, 2.24) is 9.55 Å². The van der Waals surface area contributed by atoms with Crippen molar-refractivity contribution in [3.8, 4) is 0 Å². The first kappa shape index (κ1) is 15.4. The number of aliphatic hydroxyl groups is 1. The zero-order chi connectivity index (χ0) is 17.1. The molecule has 124 valence electrons. The van der Waals surface area contributed by atoms with Crippen molar-refractivity contribution in [1.29, 1.82) is 0 Å². The number of sulfone groups is 1. The predicted octanol–water partition coefficient (Wildman–Crippen LogP) is 2.88. The highest BCUT2D eigenvalue weighted by atomic mass is 32.2. The standard InChI is InChI=1S/C18H18N2O3S/c1-12-18(2,21)16(13-8-4-3-5-9-13)24(22,23)17-19-14-10-6-7-11-15(14)20(12)17/h3-12,16,21H,1-2H3/t12-,16+,18+/m0/s1. The van der Waals surface area contributed by atoms with E-state index in [9.17, 15) is 13.5 Å². The minimum absolute atomic E-state index is 0.0246. The second-order valence-corrected chi connectivity index (χ2v) is 8.42. The van der Waals surface area contributed by atoms with Crippen LogP contribution < -0.4 is 0 Å². The van der Waals surface area contributed by atoms with Crippen molar-refractivity contribution in [3.05, 3.63) is 60.2 Å². The van der Waals surface area contributed by atoms with Crippen LogP contribution in [-0.2, 0) is 9.84 Å². The van der Waals surface area contributed by atoms with Gasteiger partial charge in [-0.05, 0) is 31.5 Å².